The zero-order chi connectivity index (χ0) is 17.6. The van der Waals surface area contributed by atoms with E-state index < -0.39 is 0 Å². The number of amides is 2. The Morgan fingerprint density at radius 3 is 2.68 bits per heavy atom. The Morgan fingerprint density at radius 2 is 1.96 bits per heavy atom. The molecule has 0 unspecified atom stereocenters. The molecule has 1 fully saturated rings. The fraction of sp³-hybridized carbons (Fsp3) is 0.350. The van der Waals surface area contributed by atoms with Crippen molar-refractivity contribution in [2.45, 2.75) is 26.0 Å². The molecule has 2 aromatic rings. The van der Waals surface area contributed by atoms with Crippen LogP contribution in [0.25, 0.3) is 0 Å². The molecule has 2 aromatic carbocycles. The van der Waals surface area contributed by atoms with E-state index >= 15 is 0 Å². The summed E-state index contributed by atoms with van der Waals surface area (Å²) in [4.78, 5) is 14.1. The molecule has 25 heavy (non-hydrogen) atoms. The predicted octanol–water partition coefficient (Wildman–Crippen LogP) is 3.39. The normalized spacial score (nSPS) is 18.0. The summed E-state index contributed by atoms with van der Waals surface area (Å²) >= 11 is 0. The molecule has 2 amide bonds. The minimum atomic E-state index is -0.377. The number of urea groups is 1. The lowest BCUT2D eigenvalue weighted by molar-refractivity contribution is 0.129. The largest absolute Gasteiger partial charge is 0.457 e. The molecular formula is C20H24N2O3. The van der Waals surface area contributed by atoms with Gasteiger partial charge in [-0.05, 0) is 31.5 Å². The van der Waals surface area contributed by atoms with Crippen LogP contribution in [0.1, 0.15) is 18.9 Å². The van der Waals surface area contributed by atoms with Gasteiger partial charge in [0.15, 0.2) is 0 Å². The third-order valence-electron chi connectivity index (χ3n) is 4.57. The van der Waals surface area contributed by atoms with E-state index in [0.29, 0.717) is 19.6 Å². The van der Waals surface area contributed by atoms with Crippen LogP contribution in [0.5, 0.6) is 11.5 Å². The lowest BCUT2D eigenvalue weighted by atomic mass is 10.0. The molecule has 1 saturated heterocycles. The molecule has 0 spiro atoms. The summed E-state index contributed by atoms with van der Waals surface area (Å²) < 4.78 is 5.92. The highest BCUT2D eigenvalue weighted by atomic mass is 16.5. The quantitative estimate of drug-likeness (QED) is 0.877. The Bertz CT molecular complexity index is 703. The van der Waals surface area contributed by atoms with Crippen LogP contribution in [-0.4, -0.2) is 35.2 Å². The molecule has 0 bridgehead atoms. The Hall–Kier alpha value is -2.53. The number of para-hydroxylation sites is 2. The van der Waals surface area contributed by atoms with E-state index in [1.54, 1.807) is 11.8 Å². The van der Waals surface area contributed by atoms with Crippen LogP contribution < -0.4 is 10.1 Å². The van der Waals surface area contributed by atoms with Gasteiger partial charge in [0, 0.05) is 31.1 Å². The summed E-state index contributed by atoms with van der Waals surface area (Å²) in [5.74, 6) is 1.66. The topological polar surface area (TPSA) is 61.8 Å². The molecule has 5 nitrogen and oxygen atoms in total. The zero-order valence-corrected chi connectivity index (χ0v) is 14.4. The van der Waals surface area contributed by atoms with Gasteiger partial charge in [0.1, 0.15) is 11.5 Å². The zero-order valence-electron chi connectivity index (χ0n) is 14.4. The minimum Gasteiger partial charge on any atom is -0.457 e. The number of nitrogens with one attached hydrogen (secondary N) is 1. The van der Waals surface area contributed by atoms with Gasteiger partial charge in [0.2, 0.25) is 0 Å². The smallest absolute Gasteiger partial charge is 0.317 e. The van der Waals surface area contributed by atoms with Crippen LogP contribution >= 0.6 is 0 Å². The van der Waals surface area contributed by atoms with E-state index in [4.69, 9.17) is 4.74 Å². The first-order chi connectivity index (χ1) is 12.1. The highest BCUT2D eigenvalue weighted by molar-refractivity contribution is 5.74. The molecule has 2 atom stereocenters. The van der Waals surface area contributed by atoms with Crippen LogP contribution in [0.4, 0.5) is 4.79 Å². The second kappa shape index (κ2) is 8.03. The lowest BCUT2D eigenvalue weighted by Gasteiger charge is -2.19. The molecule has 132 valence electrons. The fourth-order valence-corrected chi connectivity index (χ4v) is 3.01. The van der Waals surface area contributed by atoms with Crippen LogP contribution in [-0.2, 0) is 6.54 Å². The van der Waals surface area contributed by atoms with Crippen LogP contribution in [0.3, 0.4) is 0 Å². The molecule has 0 aliphatic carbocycles. The van der Waals surface area contributed by atoms with Gasteiger partial charge in [0.25, 0.3) is 0 Å². The van der Waals surface area contributed by atoms with E-state index in [1.807, 2.05) is 54.6 Å². The molecule has 0 saturated carbocycles. The Kier molecular flexibility index (Phi) is 5.56. The third kappa shape index (κ3) is 4.51. The lowest BCUT2D eigenvalue weighted by Crippen LogP contribution is -2.38. The number of carbonyl (C=O) groups excluding carboxylic acids is 1. The minimum absolute atomic E-state index is 0.0994. The molecule has 1 heterocycles. The molecule has 1 aliphatic heterocycles. The van der Waals surface area contributed by atoms with E-state index in [1.165, 1.54) is 0 Å². The van der Waals surface area contributed by atoms with Crippen molar-refractivity contribution in [1.82, 2.24) is 10.2 Å². The summed E-state index contributed by atoms with van der Waals surface area (Å²) in [6.07, 6.45) is 0.469. The van der Waals surface area contributed by atoms with E-state index in [2.05, 4.69) is 5.32 Å². The van der Waals surface area contributed by atoms with Crippen LogP contribution in [0.15, 0.2) is 54.6 Å². The first-order valence-corrected chi connectivity index (χ1v) is 8.65. The highest BCUT2D eigenvalue weighted by Gasteiger charge is 2.28. The predicted molar refractivity (Wildman–Crippen MR) is 96.6 cm³/mol. The maximum absolute atomic E-state index is 12.3. The average Bonchev–Trinajstić information content (AvgIpc) is 3.12. The summed E-state index contributed by atoms with van der Waals surface area (Å²) in [6.45, 7) is 3.47. The maximum Gasteiger partial charge on any atom is 0.317 e. The van der Waals surface area contributed by atoms with E-state index in [-0.39, 0.29) is 18.1 Å². The van der Waals surface area contributed by atoms with Gasteiger partial charge in [-0.15, -0.1) is 0 Å². The fourth-order valence-electron chi connectivity index (χ4n) is 3.01. The van der Waals surface area contributed by atoms with Gasteiger partial charge in [-0.3, -0.25) is 0 Å². The molecular weight excluding hydrogens is 316 g/mol. The van der Waals surface area contributed by atoms with Gasteiger partial charge in [-0.25, -0.2) is 4.79 Å². The van der Waals surface area contributed by atoms with Crippen molar-refractivity contribution in [2.75, 3.05) is 13.1 Å². The molecule has 3 rings (SSSR count). The number of likely N-dealkylation sites (tertiary alicyclic amines) is 1. The van der Waals surface area contributed by atoms with Gasteiger partial charge in [-0.1, -0.05) is 36.4 Å². The Labute approximate surface area is 148 Å². The van der Waals surface area contributed by atoms with Gasteiger partial charge in [-0.2, -0.15) is 0 Å². The maximum atomic E-state index is 12.3. The highest BCUT2D eigenvalue weighted by Crippen LogP contribution is 2.25. The van der Waals surface area contributed by atoms with Gasteiger partial charge < -0.3 is 20.1 Å². The van der Waals surface area contributed by atoms with Crippen molar-refractivity contribution in [3.63, 3.8) is 0 Å². The van der Waals surface area contributed by atoms with Crippen LogP contribution in [0.2, 0.25) is 0 Å². The van der Waals surface area contributed by atoms with Crippen molar-refractivity contribution in [3.05, 3.63) is 60.2 Å². The monoisotopic (exact) mass is 340 g/mol. The van der Waals surface area contributed by atoms with E-state index in [9.17, 15) is 9.90 Å². The summed E-state index contributed by atoms with van der Waals surface area (Å²) in [7, 11) is 0. The van der Waals surface area contributed by atoms with Crippen molar-refractivity contribution in [3.8, 4) is 11.5 Å². The Balaban J connectivity index is 1.59. The Morgan fingerprint density at radius 1 is 1.24 bits per heavy atom. The molecule has 0 aromatic heterocycles. The summed E-state index contributed by atoms with van der Waals surface area (Å²) in [5.41, 5.74) is 0.922. The van der Waals surface area contributed by atoms with E-state index in [0.717, 1.165) is 23.5 Å². The molecule has 2 N–H and O–H groups in total. The van der Waals surface area contributed by atoms with Crippen molar-refractivity contribution >= 4 is 6.03 Å². The number of ether oxygens (including phenoxy) is 1. The van der Waals surface area contributed by atoms with Crippen molar-refractivity contribution < 1.29 is 14.6 Å². The SMILES string of the molecule is C[C@H](O)[C@@H]1CCN(C(=O)NCc2ccccc2Oc2ccccc2)C1. The van der Waals surface area contributed by atoms with Gasteiger partial charge >= 0.3 is 6.03 Å². The number of aliphatic hydroxyl groups excluding tert-OH is 1. The summed E-state index contributed by atoms with van der Waals surface area (Å²) in [6, 6.07) is 17.2. The summed E-state index contributed by atoms with van der Waals surface area (Å²) in [5, 5.41) is 12.6. The number of hydrogen-bond donors (Lipinski definition) is 2. The number of benzene rings is 2. The van der Waals surface area contributed by atoms with Crippen LogP contribution in [0, 0.1) is 5.92 Å². The number of aliphatic hydroxyl groups is 1. The number of hydrogen-bond acceptors (Lipinski definition) is 3. The number of rotatable bonds is 5. The van der Waals surface area contributed by atoms with Gasteiger partial charge in [0.05, 0.1) is 6.10 Å². The first-order valence-electron chi connectivity index (χ1n) is 8.65. The van der Waals surface area contributed by atoms with Crippen molar-refractivity contribution in [1.29, 1.82) is 0 Å². The van der Waals surface area contributed by atoms with Crippen molar-refractivity contribution in [2.24, 2.45) is 5.92 Å². The first kappa shape index (κ1) is 17.3. The number of carbonyl (C=O) groups is 1. The molecule has 0 radical (unpaired) electrons. The molecule has 5 heteroatoms. The number of nitrogens with zero attached hydrogens (tertiary/aromatic N) is 1. The standard InChI is InChI=1S/C20H24N2O3/c1-15(23)17-11-12-22(14-17)20(24)21-13-16-7-5-6-10-19(16)25-18-8-3-2-4-9-18/h2-10,15,17,23H,11-14H2,1H3,(H,21,24)/t15-,17+/m0/s1. The second-order valence-corrected chi connectivity index (χ2v) is 6.42. The second-order valence-electron chi connectivity index (χ2n) is 6.42. The average molecular weight is 340 g/mol. The third-order valence-corrected chi connectivity index (χ3v) is 4.57. The molecule has 1 aliphatic rings.